The van der Waals surface area contributed by atoms with Crippen molar-refractivity contribution in [1.82, 2.24) is 10.3 Å². The molecule has 1 aromatic carbocycles. The highest BCUT2D eigenvalue weighted by Gasteiger charge is 2.52. The first-order valence-corrected chi connectivity index (χ1v) is 10.0. The molecule has 0 bridgehead atoms. The first-order chi connectivity index (χ1) is 13.7. The van der Waals surface area contributed by atoms with Crippen molar-refractivity contribution in [2.24, 2.45) is 5.41 Å². The highest BCUT2D eigenvalue weighted by atomic mass is 35.5. The molecule has 1 fully saturated rings. The molecule has 1 N–H and O–H groups in total. The van der Waals surface area contributed by atoms with Crippen LogP contribution in [0.5, 0.6) is 11.5 Å². The highest BCUT2D eigenvalue weighted by molar-refractivity contribution is 6.30. The summed E-state index contributed by atoms with van der Waals surface area (Å²) in [6.07, 6.45) is 3.99. The van der Waals surface area contributed by atoms with Crippen molar-refractivity contribution in [3.05, 3.63) is 53.1 Å². The number of nitrogens with zero attached hydrogens (tertiary/aromatic N) is 1. The molecule has 2 aromatic rings. The Morgan fingerprint density at radius 2 is 1.97 bits per heavy atom. The third kappa shape index (κ3) is 5.38. The monoisotopic (exact) mass is 420 g/mol. The molecule has 3 rings (SSSR count). The van der Waals surface area contributed by atoms with Crippen LogP contribution in [0.15, 0.2) is 36.5 Å². The maximum absolute atomic E-state index is 13.6. The number of hydrogen-bond acceptors (Lipinski definition) is 4. The number of rotatable bonds is 8. The van der Waals surface area contributed by atoms with Gasteiger partial charge in [-0.05, 0) is 50.5 Å². The fourth-order valence-electron chi connectivity index (χ4n) is 3.96. The summed E-state index contributed by atoms with van der Waals surface area (Å²) < 4.78 is 24.8. The molecule has 0 saturated heterocycles. The largest absolute Gasteiger partial charge is 0.493 e. The van der Waals surface area contributed by atoms with Gasteiger partial charge in [-0.15, -0.1) is 0 Å². The highest BCUT2D eigenvalue weighted by Crippen LogP contribution is 2.50. The van der Waals surface area contributed by atoms with Crippen molar-refractivity contribution in [2.75, 3.05) is 13.2 Å². The van der Waals surface area contributed by atoms with Crippen LogP contribution in [0.4, 0.5) is 4.39 Å². The molecule has 0 aliphatic heterocycles. The van der Waals surface area contributed by atoms with Gasteiger partial charge < -0.3 is 14.8 Å². The lowest BCUT2D eigenvalue weighted by Crippen LogP contribution is -2.63. The number of carbonyl (C=O) groups is 1. The fourth-order valence-corrected chi connectivity index (χ4v) is 4.07. The summed E-state index contributed by atoms with van der Waals surface area (Å²) in [6, 6.07) is 8.05. The van der Waals surface area contributed by atoms with Gasteiger partial charge in [-0.1, -0.05) is 25.4 Å². The van der Waals surface area contributed by atoms with Gasteiger partial charge in [0.2, 0.25) is 0 Å². The van der Waals surface area contributed by atoms with Crippen molar-refractivity contribution in [1.29, 1.82) is 0 Å². The van der Waals surface area contributed by atoms with Gasteiger partial charge in [-0.3, -0.25) is 9.78 Å². The van der Waals surface area contributed by atoms with E-state index >= 15 is 0 Å². The van der Waals surface area contributed by atoms with Gasteiger partial charge in [0.05, 0.1) is 17.8 Å². The van der Waals surface area contributed by atoms with Crippen molar-refractivity contribution in [3.63, 3.8) is 0 Å². The minimum Gasteiger partial charge on any atom is -0.493 e. The molecule has 1 saturated carbocycles. The molecule has 0 spiro atoms. The number of aryl methyl sites for hydroxylation is 1. The molecule has 0 atom stereocenters. The number of nitrogens with one attached hydrogen (secondary N) is 1. The molecule has 5 nitrogen and oxygen atoms in total. The number of carbonyl (C=O) groups excluding carboxylic acids is 1. The van der Waals surface area contributed by atoms with E-state index in [0.717, 1.165) is 25.0 Å². The summed E-state index contributed by atoms with van der Waals surface area (Å²) in [5, 5.41) is 3.19. The van der Waals surface area contributed by atoms with Gasteiger partial charge in [0, 0.05) is 22.7 Å². The minimum absolute atomic E-state index is 0.0518. The lowest BCUT2D eigenvalue weighted by molar-refractivity contribution is -0.129. The Hall–Kier alpha value is -2.34. The van der Waals surface area contributed by atoms with Gasteiger partial charge in [0.25, 0.3) is 5.91 Å². The van der Waals surface area contributed by atoms with E-state index in [0.29, 0.717) is 18.1 Å². The maximum atomic E-state index is 13.6. The Bertz CT molecular complexity index is 867. The van der Waals surface area contributed by atoms with Gasteiger partial charge in [0.1, 0.15) is 17.3 Å². The van der Waals surface area contributed by atoms with Crippen LogP contribution < -0.4 is 14.8 Å². The fraction of sp³-hybridized carbons (Fsp3) is 0.455. The Kier molecular flexibility index (Phi) is 6.32. The van der Waals surface area contributed by atoms with E-state index in [2.05, 4.69) is 24.1 Å². The normalized spacial score (nSPS) is 23.2. The third-order valence-electron chi connectivity index (χ3n) is 5.34. The molecule has 1 aliphatic rings. The summed E-state index contributed by atoms with van der Waals surface area (Å²) in [5.74, 6) is 0.363. The second-order valence-electron chi connectivity index (χ2n) is 8.13. The number of ether oxygens (including phenoxy) is 2. The second kappa shape index (κ2) is 8.57. The van der Waals surface area contributed by atoms with E-state index in [-0.39, 0.29) is 28.5 Å². The van der Waals surface area contributed by atoms with Gasteiger partial charge in [0.15, 0.2) is 6.61 Å². The zero-order valence-corrected chi connectivity index (χ0v) is 17.7. The molecule has 1 heterocycles. The summed E-state index contributed by atoms with van der Waals surface area (Å²) in [4.78, 5) is 16.5. The van der Waals surface area contributed by atoms with Crippen molar-refractivity contribution in [3.8, 4) is 11.5 Å². The molecule has 156 valence electrons. The smallest absolute Gasteiger partial charge is 0.258 e. The third-order valence-corrected chi connectivity index (χ3v) is 5.65. The predicted molar refractivity (Wildman–Crippen MR) is 110 cm³/mol. The van der Waals surface area contributed by atoms with E-state index in [1.165, 1.54) is 12.1 Å². The lowest BCUT2D eigenvalue weighted by Gasteiger charge is -2.54. The van der Waals surface area contributed by atoms with Crippen LogP contribution in [0.3, 0.4) is 0 Å². The quantitative estimate of drug-likeness (QED) is 0.672. The molecule has 1 amide bonds. The predicted octanol–water partition coefficient (Wildman–Crippen LogP) is 4.71. The zero-order chi connectivity index (χ0) is 21.1. The maximum Gasteiger partial charge on any atom is 0.258 e. The standard InChI is InChI=1S/C22H26ClFN2O3/c1-4-22(26-20(27)11-28-17-6-5-15(2)25-10-17)12-21(3,13-22)14-29-16-7-8-18(23)19(24)9-16/h5-10H,4,11-14H2,1-3H3,(H,26,27). The van der Waals surface area contributed by atoms with Crippen LogP contribution >= 0.6 is 11.6 Å². The van der Waals surface area contributed by atoms with Crippen molar-refractivity contribution in [2.45, 2.75) is 45.6 Å². The number of halogens is 2. The lowest BCUT2D eigenvalue weighted by atomic mass is 9.57. The topological polar surface area (TPSA) is 60.5 Å². The van der Waals surface area contributed by atoms with Crippen LogP contribution in [-0.4, -0.2) is 29.6 Å². The van der Waals surface area contributed by atoms with E-state index in [9.17, 15) is 9.18 Å². The number of amides is 1. The van der Waals surface area contributed by atoms with E-state index in [4.69, 9.17) is 21.1 Å². The summed E-state index contributed by atoms with van der Waals surface area (Å²) in [7, 11) is 0. The van der Waals surface area contributed by atoms with Gasteiger partial charge in [-0.2, -0.15) is 0 Å². The van der Waals surface area contributed by atoms with Crippen molar-refractivity contribution >= 4 is 17.5 Å². The van der Waals surface area contributed by atoms with Crippen LogP contribution in [0.1, 0.15) is 38.8 Å². The van der Waals surface area contributed by atoms with Crippen LogP contribution in [0, 0.1) is 18.2 Å². The number of hydrogen-bond donors (Lipinski definition) is 1. The molecule has 0 unspecified atom stereocenters. The Morgan fingerprint density at radius 3 is 2.59 bits per heavy atom. The van der Waals surface area contributed by atoms with Gasteiger partial charge >= 0.3 is 0 Å². The van der Waals surface area contributed by atoms with Crippen LogP contribution in [0.25, 0.3) is 0 Å². The number of pyridine rings is 1. The SMILES string of the molecule is CCC1(NC(=O)COc2ccc(C)nc2)CC(C)(COc2ccc(Cl)c(F)c2)C1. The molecular weight excluding hydrogens is 395 g/mol. The Morgan fingerprint density at radius 1 is 1.24 bits per heavy atom. The molecule has 1 aliphatic carbocycles. The molecule has 7 heteroatoms. The second-order valence-corrected chi connectivity index (χ2v) is 8.54. The van der Waals surface area contributed by atoms with Crippen LogP contribution in [0.2, 0.25) is 5.02 Å². The van der Waals surface area contributed by atoms with E-state index in [1.807, 2.05) is 13.0 Å². The average molecular weight is 421 g/mol. The molecule has 0 radical (unpaired) electrons. The number of benzene rings is 1. The first kappa shape index (κ1) is 21.4. The number of aromatic nitrogens is 1. The van der Waals surface area contributed by atoms with Crippen LogP contribution in [-0.2, 0) is 4.79 Å². The van der Waals surface area contributed by atoms with E-state index in [1.54, 1.807) is 18.3 Å². The summed E-state index contributed by atoms with van der Waals surface area (Å²) in [5.41, 5.74) is 0.528. The van der Waals surface area contributed by atoms with Gasteiger partial charge in [-0.25, -0.2) is 4.39 Å². The Balaban J connectivity index is 1.48. The van der Waals surface area contributed by atoms with E-state index < -0.39 is 5.82 Å². The molecule has 29 heavy (non-hydrogen) atoms. The minimum atomic E-state index is -0.498. The Labute approximate surface area is 175 Å². The molecular formula is C22H26ClFN2O3. The summed E-state index contributed by atoms with van der Waals surface area (Å²) >= 11 is 5.70. The summed E-state index contributed by atoms with van der Waals surface area (Å²) in [6.45, 7) is 6.44. The molecule has 1 aromatic heterocycles. The first-order valence-electron chi connectivity index (χ1n) is 9.67. The zero-order valence-electron chi connectivity index (χ0n) is 16.9. The van der Waals surface area contributed by atoms with Crippen molar-refractivity contribution < 1.29 is 18.7 Å². The average Bonchev–Trinajstić information content (AvgIpc) is 2.67.